The van der Waals surface area contributed by atoms with E-state index in [2.05, 4.69) is 32.3 Å². The van der Waals surface area contributed by atoms with Gasteiger partial charge in [-0.05, 0) is 82.2 Å². The predicted octanol–water partition coefficient (Wildman–Crippen LogP) is 5.17. The Labute approximate surface area is 226 Å². The number of aryl methyl sites for hydroxylation is 1. The minimum Gasteiger partial charge on any atom is -0.497 e. The normalized spacial score (nSPS) is 12.2. The Hall–Kier alpha value is -4.37. The summed E-state index contributed by atoms with van der Waals surface area (Å²) in [5, 5.41) is 13.6. The van der Waals surface area contributed by atoms with Crippen LogP contribution in [-0.2, 0) is 19.6 Å². The van der Waals surface area contributed by atoms with Crippen LogP contribution in [-0.4, -0.2) is 37.2 Å². The number of tetrazole rings is 1. The van der Waals surface area contributed by atoms with Crippen molar-refractivity contribution < 1.29 is 9.13 Å². The van der Waals surface area contributed by atoms with Crippen LogP contribution in [0.3, 0.4) is 0 Å². The number of aromatic amines is 1. The van der Waals surface area contributed by atoms with Crippen molar-refractivity contribution in [1.82, 2.24) is 30.1 Å². The van der Waals surface area contributed by atoms with Crippen LogP contribution in [0.5, 0.6) is 5.75 Å². The van der Waals surface area contributed by atoms with E-state index >= 15 is 0 Å². The van der Waals surface area contributed by atoms with Crippen molar-refractivity contribution >= 4 is 10.9 Å². The summed E-state index contributed by atoms with van der Waals surface area (Å²) in [6, 6.07) is 22.0. The van der Waals surface area contributed by atoms with Crippen LogP contribution in [0.2, 0.25) is 0 Å². The minimum absolute atomic E-state index is 0.117. The van der Waals surface area contributed by atoms with Gasteiger partial charge in [0.05, 0.1) is 19.7 Å². The molecular formula is C30H31FN6O2. The standard InChI is InChI=1S/C30H31FN6O2/c1-4-28(29-33-34-35-37(29)18-22-6-11-25(31)12-7-22)36(17-21-8-13-26(39-3)14-9-21)19-24-16-23-10-5-20(2)15-27(23)32-30(24)38/h5-16,28H,4,17-19H2,1-3H3,(H,32,38)/t28-/m0/s1. The number of ether oxygens (including phenoxy) is 1. The SMILES string of the molecule is CC[C@@H](c1nnnn1Cc1ccc(F)cc1)N(Cc1ccc(OC)cc1)Cc1cc2ccc(C)cc2[nH]c1=O. The summed E-state index contributed by atoms with van der Waals surface area (Å²) in [4.78, 5) is 18.4. The Morgan fingerprint density at radius 2 is 1.74 bits per heavy atom. The first-order valence-corrected chi connectivity index (χ1v) is 12.9. The van der Waals surface area contributed by atoms with E-state index in [9.17, 15) is 9.18 Å². The maximum atomic E-state index is 13.5. The second kappa shape index (κ2) is 11.6. The molecule has 0 saturated carbocycles. The van der Waals surface area contributed by atoms with Gasteiger partial charge in [0.15, 0.2) is 5.82 Å². The van der Waals surface area contributed by atoms with Gasteiger partial charge in [0.2, 0.25) is 0 Å². The lowest BCUT2D eigenvalue weighted by Gasteiger charge is -2.30. The number of nitrogens with zero attached hydrogens (tertiary/aromatic N) is 5. The molecule has 2 aromatic heterocycles. The lowest BCUT2D eigenvalue weighted by atomic mass is 10.1. The smallest absolute Gasteiger partial charge is 0.252 e. The highest BCUT2D eigenvalue weighted by molar-refractivity contribution is 5.79. The molecule has 3 aromatic carbocycles. The Balaban J connectivity index is 1.51. The average molecular weight is 527 g/mol. The molecule has 0 amide bonds. The average Bonchev–Trinajstić information content (AvgIpc) is 3.39. The molecule has 8 nitrogen and oxygen atoms in total. The lowest BCUT2D eigenvalue weighted by molar-refractivity contribution is 0.161. The first kappa shape index (κ1) is 26.2. The molecule has 0 aliphatic rings. The van der Waals surface area contributed by atoms with Crippen LogP contribution < -0.4 is 10.3 Å². The van der Waals surface area contributed by atoms with Gasteiger partial charge in [0.1, 0.15) is 11.6 Å². The van der Waals surface area contributed by atoms with E-state index in [1.165, 1.54) is 12.1 Å². The molecule has 0 spiro atoms. The fourth-order valence-electron chi connectivity index (χ4n) is 4.87. The van der Waals surface area contributed by atoms with Crippen LogP contribution in [0.15, 0.2) is 77.6 Å². The fraction of sp³-hybridized carbons (Fsp3) is 0.267. The number of halogens is 1. The van der Waals surface area contributed by atoms with E-state index in [0.717, 1.165) is 33.3 Å². The number of hydrogen-bond acceptors (Lipinski definition) is 6. The molecule has 200 valence electrons. The molecule has 5 aromatic rings. The highest BCUT2D eigenvalue weighted by atomic mass is 19.1. The Kier molecular flexibility index (Phi) is 7.79. The second-order valence-corrected chi connectivity index (χ2v) is 9.71. The number of benzene rings is 3. The zero-order chi connectivity index (χ0) is 27.4. The Bertz CT molecular complexity index is 1610. The number of fused-ring (bicyclic) bond motifs is 1. The zero-order valence-corrected chi connectivity index (χ0v) is 22.3. The summed E-state index contributed by atoms with van der Waals surface area (Å²) in [6.45, 7) is 5.45. The van der Waals surface area contributed by atoms with E-state index in [-0.39, 0.29) is 17.4 Å². The summed E-state index contributed by atoms with van der Waals surface area (Å²) in [5.41, 5.74) is 4.42. The summed E-state index contributed by atoms with van der Waals surface area (Å²) >= 11 is 0. The maximum Gasteiger partial charge on any atom is 0.252 e. The molecule has 1 atom stereocenters. The topological polar surface area (TPSA) is 88.9 Å². The van der Waals surface area contributed by atoms with Crippen molar-refractivity contribution in [1.29, 1.82) is 0 Å². The predicted molar refractivity (Wildman–Crippen MR) is 148 cm³/mol. The highest BCUT2D eigenvalue weighted by Gasteiger charge is 2.26. The van der Waals surface area contributed by atoms with Crippen molar-refractivity contribution in [2.75, 3.05) is 7.11 Å². The van der Waals surface area contributed by atoms with Crippen molar-refractivity contribution in [2.24, 2.45) is 0 Å². The van der Waals surface area contributed by atoms with E-state index in [1.807, 2.05) is 55.5 Å². The third kappa shape index (κ3) is 6.04. The van der Waals surface area contributed by atoms with Crippen LogP contribution in [0.25, 0.3) is 10.9 Å². The molecule has 9 heteroatoms. The summed E-state index contributed by atoms with van der Waals surface area (Å²) in [7, 11) is 1.64. The highest BCUT2D eigenvalue weighted by Crippen LogP contribution is 2.27. The quantitative estimate of drug-likeness (QED) is 0.270. The first-order valence-electron chi connectivity index (χ1n) is 12.9. The molecule has 0 aliphatic heterocycles. The number of pyridine rings is 1. The minimum atomic E-state index is -0.288. The van der Waals surface area contributed by atoms with Gasteiger partial charge in [-0.2, -0.15) is 0 Å². The van der Waals surface area contributed by atoms with Gasteiger partial charge in [-0.1, -0.05) is 43.3 Å². The summed E-state index contributed by atoms with van der Waals surface area (Å²) in [6.07, 6.45) is 0.713. The Morgan fingerprint density at radius 3 is 2.46 bits per heavy atom. The fourth-order valence-corrected chi connectivity index (χ4v) is 4.87. The third-order valence-electron chi connectivity index (χ3n) is 6.93. The number of methoxy groups -OCH3 is 1. The molecule has 0 aliphatic carbocycles. The zero-order valence-electron chi connectivity index (χ0n) is 22.3. The molecule has 0 unspecified atom stereocenters. The lowest BCUT2D eigenvalue weighted by Crippen LogP contribution is -2.32. The van der Waals surface area contributed by atoms with Crippen molar-refractivity contribution in [3.63, 3.8) is 0 Å². The molecule has 0 fully saturated rings. The number of rotatable bonds is 10. The third-order valence-corrected chi connectivity index (χ3v) is 6.93. The first-order chi connectivity index (χ1) is 18.9. The molecule has 39 heavy (non-hydrogen) atoms. The van der Waals surface area contributed by atoms with Gasteiger partial charge < -0.3 is 9.72 Å². The number of hydrogen-bond donors (Lipinski definition) is 1. The van der Waals surface area contributed by atoms with Gasteiger partial charge in [0, 0.05) is 24.2 Å². The maximum absolute atomic E-state index is 13.5. The summed E-state index contributed by atoms with van der Waals surface area (Å²) < 4.78 is 20.5. The van der Waals surface area contributed by atoms with Crippen molar-refractivity contribution in [3.05, 3.63) is 117 Å². The van der Waals surface area contributed by atoms with Crippen molar-refractivity contribution in [2.45, 2.75) is 45.9 Å². The van der Waals surface area contributed by atoms with Gasteiger partial charge >= 0.3 is 0 Å². The van der Waals surface area contributed by atoms with Gasteiger partial charge in [0.25, 0.3) is 5.56 Å². The molecule has 0 radical (unpaired) electrons. The summed E-state index contributed by atoms with van der Waals surface area (Å²) in [5.74, 6) is 1.17. The van der Waals surface area contributed by atoms with Gasteiger partial charge in [-0.25, -0.2) is 9.07 Å². The van der Waals surface area contributed by atoms with E-state index in [4.69, 9.17) is 4.74 Å². The number of H-pyrrole nitrogens is 1. The molecular weight excluding hydrogens is 495 g/mol. The molecule has 2 heterocycles. The van der Waals surface area contributed by atoms with Crippen LogP contribution in [0.1, 0.15) is 47.5 Å². The monoisotopic (exact) mass is 526 g/mol. The van der Waals surface area contributed by atoms with Crippen LogP contribution in [0.4, 0.5) is 4.39 Å². The van der Waals surface area contributed by atoms with E-state index in [0.29, 0.717) is 37.4 Å². The molecule has 5 rings (SSSR count). The number of aromatic nitrogens is 5. The van der Waals surface area contributed by atoms with Crippen molar-refractivity contribution in [3.8, 4) is 5.75 Å². The van der Waals surface area contributed by atoms with Gasteiger partial charge in [-0.3, -0.25) is 9.69 Å². The molecule has 0 bridgehead atoms. The molecule has 1 N–H and O–H groups in total. The Morgan fingerprint density at radius 1 is 1.00 bits per heavy atom. The van der Waals surface area contributed by atoms with E-state index in [1.54, 1.807) is 23.9 Å². The molecule has 0 saturated heterocycles. The van der Waals surface area contributed by atoms with Crippen LogP contribution >= 0.6 is 0 Å². The second-order valence-electron chi connectivity index (χ2n) is 9.71. The number of nitrogens with one attached hydrogen (secondary N) is 1. The van der Waals surface area contributed by atoms with Gasteiger partial charge in [-0.15, -0.1) is 5.10 Å². The van der Waals surface area contributed by atoms with E-state index < -0.39 is 0 Å². The van der Waals surface area contributed by atoms with Crippen LogP contribution in [0, 0.1) is 12.7 Å². The largest absolute Gasteiger partial charge is 0.497 e.